The van der Waals surface area contributed by atoms with E-state index in [1.165, 1.54) is 6.07 Å². The average Bonchev–Trinajstić information content (AvgIpc) is 2.38. The molecule has 0 bridgehead atoms. The van der Waals surface area contributed by atoms with Gasteiger partial charge in [-0.3, -0.25) is 4.79 Å². The molecule has 0 radical (unpaired) electrons. The highest BCUT2D eigenvalue weighted by Gasteiger charge is 2.30. The van der Waals surface area contributed by atoms with Crippen LogP contribution in [0.3, 0.4) is 0 Å². The molecule has 0 saturated carbocycles. The van der Waals surface area contributed by atoms with Gasteiger partial charge in [0.2, 0.25) is 10.0 Å². The number of hydrogen-bond acceptors (Lipinski definition) is 4. The summed E-state index contributed by atoms with van der Waals surface area (Å²) in [6.07, 6.45) is 1.57. The molecule has 21 heavy (non-hydrogen) atoms. The lowest BCUT2D eigenvalue weighted by atomic mass is 9.94. The maximum absolute atomic E-state index is 13.5. The van der Waals surface area contributed by atoms with Gasteiger partial charge in [0.1, 0.15) is 10.7 Å². The van der Waals surface area contributed by atoms with Crippen LogP contribution in [0.1, 0.15) is 30.1 Å². The van der Waals surface area contributed by atoms with Crippen LogP contribution in [0.4, 0.5) is 4.39 Å². The van der Waals surface area contributed by atoms with E-state index in [9.17, 15) is 17.6 Å². The lowest BCUT2D eigenvalue weighted by Gasteiger charge is -2.34. The van der Waals surface area contributed by atoms with Gasteiger partial charge in [-0.05, 0) is 38.0 Å². The van der Waals surface area contributed by atoms with Crippen molar-refractivity contribution in [3.8, 4) is 0 Å². The van der Waals surface area contributed by atoms with E-state index in [2.05, 4.69) is 5.32 Å². The number of halogens is 1. The molecule has 6 nitrogen and oxygen atoms in total. The zero-order valence-corrected chi connectivity index (χ0v) is 12.4. The normalized spacial score (nSPS) is 22.8. The van der Waals surface area contributed by atoms with Crippen molar-refractivity contribution in [2.75, 3.05) is 13.2 Å². The summed E-state index contributed by atoms with van der Waals surface area (Å²) >= 11 is 0. The smallest absolute Gasteiger partial charge is 0.251 e. The van der Waals surface area contributed by atoms with Crippen molar-refractivity contribution in [3.05, 3.63) is 29.6 Å². The Morgan fingerprint density at radius 2 is 2.19 bits per heavy atom. The molecule has 1 unspecified atom stereocenters. The fourth-order valence-corrected chi connectivity index (χ4v) is 2.87. The Morgan fingerprint density at radius 3 is 2.76 bits per heavy atom. The minimum Gasteiger partial charge on any atom is -0.379 e. The average molecular weight is 316 g/mol. The third-order valence-electron chi connectivity index (χ3n) is 3.35. The quantitative estimate of drug-likeness (QED) is 0.860. The van der Waals surface area contributed by atoms with Crippen molar-refractivity contribution in [2.45, 2.75) is 30.2 Å². The molecule has 8 heteroatoms. The molecule has 0 spiro atoms. The molecule has 1 aliphatic heterocycles. The highest BCUT2D eigenvalue weighted by Crippen LogP contribution is 2.20. The van der Waals surface area contributed by atoms with Crippen LogP contribution in [0.25, 0.3) is 0 Å². The summed E-state index contributed by atoms with van der Waals surface area (Å²) in [5.41, 5.74) is -0.488. The number of primary sulfonamides is 1. The maximum Gasteiger partial charge on any atom is 0.251 e. The van der Waals surface area contributed by atoms with Gasteiger partial charge in [-0.15, -0.1) is 0 Å². The molecule has 1 aromatic rings. The molecule has 1 aliphatic rings. The second-order valence-corrected chi connectivity index (χ2v) is 6.89. The number of ether oxygens (including phenoxy) is 1. The summed E-state index contributed by atoms with van der Waals surface area (Å²) in [5.74, 6) is -1.48. The van der Waals surface area contributed by atoms with Crippen LogP contribution in [0.15, 0.2) is 23.1 Å². The van der Waals surface area contributed by atoms with E-state index in [1.54, 1.807) is 0 Å². The van der Waals surface area contributed by atoms with Gasteiger partial charge in [0.05, 0.1) is 12.1 Å². The molecule has 1 amide bonds. The van der Waals surface area contributed by atoms with Gasteiger partial charge in [0.25, 0.3) is 5.91 Å². The number of carbonyl (C=O) groups excluding carboxylic acids is 1. The SMILES string of the molecule is CC1(NC(=O)c2ccc(F)c(S(N)(=O)=O)c2)CCCOC1. The van der Waals surface area contributed by atoms with E-state index in [4.69, 9.17) is 9.88 Å². The molecule has 116 valence electrons. The van der Waals surface area contributed by atoms with Crippen molar-refractivity contribution in [3.63, 3.8) is 0 Å². The summed E-state index contributed by atoms with van der Waals surface area (Å²) in [5, 5.41) is 7.71. The molecular formula is C13H17FN2O4S. The topological polar surface area (TPSA) is 98.5 Å². The van der Waals surface area contributed by atoms with Crippen molar-refractivity contribution in [1.29, 1.82) is 0 Å². The van der Waals surface area contributed by atoms with E-state index >= 15 is 0 Å². The lowest BCUT2D eigenvalue weighted by Crippen LogP contribution is -2.51. The maximum atomic E-state index is 13.5. The number of rotatable bonds is 3. The van der Waals surface area contributed by atoms with Gasteiger partial charge >= 0.3 is 0 Å². The first-order valence-electron chi connectivity index (χ1n) is 6.44. The minimum absolute atomic E-state index is 0.0345. The molecule has 1 atom stereocenters. The zero-order chi connectivity index (χ0) is 15.7. The molecule has 1 fully saturated rings. The molecule has 0 aromatic heterocycles. The predicted octanol–water partition coefficient (Wildman–Crippen LogP) is 0.772. The van der Waals surface area contributed by atoms with Gasteiger partial charge in [0.15, 0.2) is 0 Å². The van der Waals surface area contributed by atoms with Crippen LogP contribution in [-0.4, -0.2) is 33.1 Å². The Balaban J connectivity index is 2.24. The molecule has 0 aliphatic carbocycles. The summed E-state index contributed by atoms with van der Waals surface area (Å²) in [6, 6.07) is 3.06. The number of amides is 1. The largest absolute Gasteiger partial charge is 0.379 e. The number of hydrogen-bond donors (Lipinski definition) is 2. The van der Waals surface area contributed by atoms with Crippen molar-refractivity contribution < 1.29 is 22.3 Å². The van der Waals surface area contributed by atoms with Crippen molar-refractivity contribution in [1.82, 2.24) is 5.32 Å². The van der Waals surface area contributed by atoms with Crippen LogP contribution >= 0.6 is 0 Å². The van der Waals surface area contributed by atoms with Gasteiger partial charge in [0, 0.05) is 12.2 Å². The summed E-state index contributed by atoms with van der Waals surface area (Å²) in [7, 11) is -4.22. The zero-order valence-electron chi connectivity index (χ0n) is 11.6. The van der Waals surface area contributed by atoms with Crippen LogP contribution < -0.4 is 10.5 Å². The summed E-state index contributed by atoms with van der Waals surface area (Å²) in [4.78, 5) is 11.5. The van der Waals surface area contributed by atoms with E-state index in [0.29, 0.717) is 13.2 Å². The number of nitrogens with one attached hydrogen (secondary N) is 1. The summed E-state index contributed by atoms with van der Waals surface area (Å²) < 4.78 is 41.3. The molecule has 3 N–H and O–H groups in total. The van der Waals surface area contributed by atoms with Crippen molar-refractivity contribution >= 4 is 15.9 Å². The molecule has 2 rings (SSSR count). The fraction of sp³-hybridized carbons (Fsp3) is 0.462. The van der Waals surface area contributed by atoms with Crippen molar-refractivity contribution in [2.24, 2.45) is 5.14 Å². The summed E-state index contributed by atoms with van der Waals surface area (Å²) in [6.45, 7) is 2.87. The first kappa shape index (κ1) is 15.9. The monoisotopic (exact) mass is 316 g/mol. The predicted molar refractivity (Wildman–Crippen MR) is 73.7 cm³/mol. The van der Waals surface area contributed by atoms with E-state index in [1.807, 2.05) is 6.92 Å². The Bertz CT molecular complexity index is 654. The molecular weight excluding hydrogens is 299 g/mol. The second kappa shape index (κ2) is 5.70. The first-order chi connectivity index (χ1) is 9.71. The Morgan fingerprint density at radius 1 is 1.48 bits per heavy atom. The Kier molecular flexibility index (Phi) is 4.31. The fourth-order valence-electron chi connectivity index (χ4n) is 2.24. The van der Waals surface area contributed by atoms with Crippen LogP contribution in [-0.2, 0) is 14.8 Å². The van der Waals surface area contributed by atoms with E-state index in [-0.39, 0.29) is 5.56 Å². The third-order valence-corrected chi connectivity index (χ3v) is 4.28. The highest BCUT2D eigenvalue weighted by atomic mass is 32.2. The van der Waals surface area contributed by atoms with Gasteiger partial charge in [-0.2, -0.15) is 0 Å². The van der Waals surface area contributed by atoms with Gasteiger partial charge in [-0.25, -0.2) is 17.9 Å². The molecule has 1 aromatic carbocycles. The van der Waals surface area contributed by atoms with Crippen LogP contribution in [0, 0.1) is 5.82 Å². The minimum atomic E-state index is -4.22. The van der Waals surface area contributed by atoms with Gasteiger partial charge in [-0.1, -0.05) is 0 Å². The number of benzene rings is 1. The van der Waals surface area contributed by atoms with Crippen LogP contribution in [0.2, 0.25) is 0 Å². The Labute approximate surface area is 122 Å². The highest BCUT2D eigenvalue weighted by molar-refractivity contribution is 7.89. The number of carbonyl (C=O) groups is 1. The number of sulfonamides is 1. The van der Waals surface area contributed by atoms with Crippen LogP contribution in [0.5, 0.6) is 0 Å². The first-order valence-corrected chi connectivity index (χ1v) is 7.99. The standard InChI is InChI=1S/C13H17FN2O4S/c1-13(5-2-6-20-8-13)16-12(17)9-3-4-10(14)11(7-9)21(15,18)19/h3-4,7H,2,5-6,8H2,1H3,(H,16,17)(H2,15,18,19). The Hall–Kier alpha value is -1.51. The second-order valence-electron chi connectivity index (χ2n) is 5.36. The molecule has 1 saturated heterocycles. The number of nitrogens with two attached hydrogens (primary N) is 1. The molecule has 1 heterocycles. The third kappa shape index (κ3) is 3.78. The van der Waals surface area contributed by atoms with E-state index < -0.39 is 32.2 Å². The van der Waals surface area contributed by atoms with Gasteiger partial charge < -0.3 is 10.1 Å². The lowest BCUT2D eigenvalue weighted by molar-refractivity contribution is 0.0272. The van der Waals surface area contributed by atoms with E-state index in [0.717, 1.165) is 25.0 Å².